The maximum absolute atomic E-state index is 12.1. The molecule has 0 aliphatic carbocycles. The van der Waals surface area contributed by atoms with Gasteiger partial charge in [0.1, 0.15) is 0 Å². The normalized spacial score (nSPS) is 10.2. The first-order valence-corrected chi connectivity index (χ1v) is 7.63. The molecule has 0 aliphatic heterocycles. The minimum absolute atomic E-state index is 0.303. The molecule has 0 bridgehead atoms. The Hall–Kier alpha value is -2.62. The topological polar surface area (TPSA) is 55.4 Å². The minimum atomic E-state index is -0.483. The summed E-state index contributed by atoms with van der Waals surface area (Å²) >= 11 is 0. The van der Waals surface area contributed by atoms with Crippen LogP contribution >= 0.6 is 0 Å². The Bertz CT molecular complexity index is 722. The smallest absolute Gasteiger partial charge is 0.338 e. The van der Waals surface area contributed by atoms with E-state index in [4.69, 9.17) is 4.74 Å². The van der Waals surface area contributed by atoms with Crippen LogP contribution in [0.5, 0.6) is 0 Å². The van der Waals surface area contributed by atoms with Crippen molar-refractivity contribution >= 4 is 17.6 Å². The van der Waals surface area contributed by atoms with Crippen LogP contribution in [0.3, 0.4) is 0 Å². The summed E-state index contributed by atoms with van der Waals surface area (Å²) < 4.78 is 5.10. The molecule has 0 atom stereocenters. The maximum Gasteiger partial charge on any atom is 0.338 e. The molecule has 0 spiro atoms. The van der Waals surface area contributed by atoms with Crippen LogP contribution in [-0.2, 0) is 16.0 Å². The molecule has 2 aromatic carbocycles. The molecule has 2 aromatic rings. The molecule has 1 N–H and O–H groups in total. The summed E-state index contributed by atoms with van der Waals surface area (Å²) in [6.07, 6.45) is 0.894. The third kappa shape index (κ3) is 4.42. The average molecular weight is 311 g/mol. The summed E-state index contributed by atoms with van der Waals surface area (Å²) in [6.45, 7) is 5.54. The lowest BCUT2D eigenvalue weighted by Gasteiger charge is -2.10. The van der Waals surface area contributed by atoms with Crippen molar-refractivity contribution in [2.24, 2.45) is 0 Å². The zero-order valence-corrected chi connectivity index (χ0v) is 13.7. The molecule has 0 saturated carbocycles. The summed E-state index contributed by atoms with van der Waals surface area (Å²) in [5, 5.41) is 2.73. The van der Waals surface area contributed by atoms with Gasteiger partial charge in [0.2, 0.25) is 0 Å². The number of amides is 1. The number of hydrogen-bond acceptors (Lipinski definition) is 3. The molecular weight excluding hydrogens is 290 g/mol. The Kier molecular flexibility index (Phi) is 5.52. The van der Waals surface area contributed by atoms with Gasteiger partial charge in [-0.1, -0.05) is 31.2 Å². The highest BCUT2D eigenvalue weighted by Gasteiger charge is 2.13. The molecule has 0 saturated heterocycles. The fourth-order valence-corrected chi connectivity index (χ4v) is 2.25. The highest BCUT2D eigenvalue weighted by molar-refractivity contribution is 5.96. The Labute approximate surface area is 136 Å². The molecule has 0 unspecified atom stereocenters. The van der Waals surface area contributed by atoms with E-state index in [1.54, 1.807) is 12.1 Å². The number of esters is 1. The van der Waals surface area contributed by atoms with Gasteiger partial charge in [-0.3, -0.25) is 4.79 Å². The van der Waals surface area contributed by atoms with Gasteiger partial charge in [-0.25, -0.2) is 4.79 Å². The molecule has 0 aliphatic rings. The number of aryl methyl sites for hydroxylation is 2. The van der Waals surface area contributed by atoms with Crippen molar-refractivity contribution < 1.29 is 14.3 Å². The number of nitrogens with one attached hydrogen (secondary N) is 1. The summed E-state index contributed by atoms with van der Waals surface area (Å²) in [7, 11) is 0. The quantitative estimate of drug-likeness (QED) is 0.857. The van der Waals surface area contributed by atoms with Gasteiger partial charge < -0.3 is 10.1 Å². The summed E-state index contributed by atoms with van der Waals surface area (Å²) in [5.41, 5.74) is 4.21. The first-order valence-electron chi connectivity index (χ1n) is 7.63. The van der Waals surface area contributed by atoms with Crippen LogP contribution < -0.4 is 5.32 Å². The highest BCUT2D eigenvalue weighted by Crippen LogP contribution is 2.14. The lowest BCUT2D eigenvalue weighted by molar-refractivity contribution is -0.119. The summed E-state index contributed by atoms with van der Waals surface area (Å²) in [6, 6.07) is 13.0. The number of anilines is 1. The van der Waals surface area contributed by atoms with Crippen LogP contribution in [0.15, 0.2) is 42.5 Å². The molecule has 2 rings (SSSR count). The second-order valence-electron chi connectivity index (χ2n) is 5.43. The Morgan fingerprint density at radius 3 is 2.57 bits per heavy atom. The van der Waals surface area contributed by atoms with Crippen LogP contribution in [0.4, 0.5) is 5.69 Å². The SMILES string of the molecule is CCc1cccc(NC(=O)COC(=O)c2cccc(C)c2C)c1. The number of carbonyl (C=O) groups excluding carboxylic acids is 2. The van der Waals surface area contributed by atoms with Gasteiger partial charge in [-0.2, -0.15) is 0 Å². The van der Waals surface area contributed by atoms with Crippen LogP contribution in [0, 0.1) is 13.8 Å². The highest BCUT2D eigenvalue weighted by atomic mass is 16.5. The van der Waals surface area contributed by atoms with Crippen molar-refractivity contribution in [3.63, 3.8) is 0 Å². The predicted octanol–water partition coefficient (Wildman–Crippen LogP) is 3.66. The van der Waals surface area contributed by atoms with Crippen LogP contribution in [0.2, 0.25) is 0 Å². The van der Waals surface area contributed by atoms with Gasteiger partial charge in [-0.15, -0.1) is 0 Å². The zero-order chi connectivity index (χ0) is 16.8. The van der Waals surface area contributed by atoms with Gasteiger partial charge in [0.25, 0.3) is 5.91 Å². The van der Waals surface area contributed by atoms with Gasteiger partial charge in [0.05, 0.1) is 5.56 Å². The van der Waals surface area contributed by atoms with Gasteiger partial charge in [-0.05, 0) is 55.2 Å². The number of rotatable bonds is 5. The minimum Gasteiger partial charge on any atom is -0.452 e. The Morgan fingerprint density at radius 1 is 1.09 bits per heavy atom. The largest absolute Gasteiger partial charge is 0.452 e. The molecule has 0 aromatic heterocycles. The second-order valence-corrected chi connectivity index (χ2v) is 5.43. The molecular formula is C19H21NO3. The van der Waals surface area contributed by atoms with Crippen molar-refractivity contribution in [3.8, 4) is 0 Å². The molecule has 1 amide bonds. The number of carbonyl (C=O) groups is 2. The van der Waals surface area contributed by atoms with E-state index in [1.807, 2.05) is 51.1 Å². The monoisotopic (exact) mass is 311 g/mol. The predicted molar refractivity (Wildman–Crippen MR) is 90.6 cm³/mol. The van der Waals surface area contributed by atoms with E-state index < -0.39 is 5.97 Å². The van der Waals surface area contributed by atoms with E-state index in [9.17, 15) is 9.59 Å². The second kappa shape index (κ2) is 7.58. The first kappa shape index (κ1) is 16.7. The molecule has 4 nitrogen and oxygen atoms in total. The van der Waals surface area contributed by atoms with Crippen LogP contribution in [-0.4, -0.2) is 18.5 Å². The standard InChI is InChI=1S/C19H21NO3/c1-4-15-8-6-9-16(11-15)20-18(21)12-23-19(22)17-10-5-7-13(2)14(17)3/h5-11H,4,12H2,1-3H3,(H,20,21). The Morgan fingerprint density at radius 2 is 1.83 bits per heavy atom. The van der Waals surface area contributed by atoms with Crippen LogP contribution in [0.1, 0.15) is 34.0 Å². The lowest BCUT2D eigenvalue weighted by Crippen LogP contribution is -2.21. The van der Waals surface area contributed by atoms with E-state index in [0.29, 0.717) is 11.3 Å². The third-order valence-electron chi connectivity index (χ3n) is 3.78. The van der Waals surface area contributed by atoms with Gasteiger partial charge in [0, 0.05) is 5.69 Å². The first-order chi connectivity index (χ1) is 11.0. The van der Waals surface area contributed by atoms with E-state index in [0.717, 1.165) is 23.1 Å². The average Bonchev–Trinajstić information content (AvgIpc) is 2.55. The van der Waals surface area contributed by atoms with E-state index in [-0.39, 0.29) is 12.5 Å². The van der Waals surface area contributed by atoms with Crippen LogP contribution in [0.25, 0.3) is 0 Å². The number of hydrogen-bond donors (Lipinski definition) is 1. The van der Waals surface area contributed by atoms with E-state index in [2.05, 4.69) is 5.32 Å². The van der Waals surface area contributed by atoms with Crippen molar-refractivity contribution in [2.45, 2.75) is 27.2 Å². The number of ether oxygens (including phenoxy) is 1. The Balaban J connectivity index is 1.93. The number of benzene rings is 2. The van der Waals surface area contributed by atoms with Crippen molar-refractivity contribution in [1.29, 1.82) is 0 Å². The summed E-state index contributed by atoms with van der Waals surface area (Å²) in [5.74, 6) is -0.833. The van der Waals surface area contributed by atoms with E-state index in [1.165, 1.54) is 0 Å². The fraction of sp³-hybridized carbons (Fsp3) is 0.263. The third-order valence-corrected chi connectivity index (χ3v) is 3.78. The molecule has 0 fully saturated rings. The van der Waals surface area contributed by atoms with Crippen molar-refractivity contribution in [1.82, 2.24) is 0 Å². The van der Waals surface area contributed by atoms with Crippen molar-refractivity contribution in [2.75, 3.05) is 11.9 Å². The van der Waals surface area contributed by atoms with E-state index >= 15 is 0 Å². The lowest BCUT2D eigenvalue weighted by atomic mass is 10.0. The maximum atomic E-state index is 12.1. The summed E-state index contributed by atoms with van der Waals surface area (Å²) in [4.78, 5) is 24.0. The van der Waals surface area contributed by atoms with Gasteiger partial charge in [0.15, 0.2) is 6.61 Å². The molecule has 120 valence electrons. The molecule has 0 heterocycles. The van der Waals surface area contributed by atoms with Gasteiger partial charge >= 0.3 is 5.97 Å². The fourth-order valence-electron chi connectivity index (χ4n) is 2.25. The molecule has 23 heavy (non-hydrogen) atoms. The zero-order valence-electron chi connectivity index (χ0n) is 13.7. The molecule has 0 radical (unpaired) electrons. The molecule has 4 heteroatoms. The van der Waals surface area contributed by atoms with Crippen molar-refractivity contribution in [3.05, 3.63) is 64.7 Å².